The molecule has 0 aliphatic heterocycles. The molecule has 0 fully saturated rings. The Morgan fingerprint density at radius 3 is 1.38 bits per heavy atom. The highest BCUT2D eigenvalue weighted by atomic mass is 19.1. The molecule has 5 aromatic rings. The molecule has 8 heteroatoms. The zero-order chi connectivity index (χ0) is 27.0. The van der Waals surface area contributed by atoms with Gasteiger partial charge in [-0.3, -0.25) is 0 Å². The Bertz CT molecular complexity index is 1640. The minimum atomic E-state index is -0.777. The average molecular weight is 507 g/mol. The third-order valence-corrected chi connectivity index (χ3v) is 6.09. The summed E-state index contributed by atoms with van der Waals surface area (Å²) in [6.45, 7) is 12.3. The monoisotopic (exact) mass is 506 g/mol. The molecule has 0 aliphatic rings. The molecule has 0 bridgehead atoms. The van der Waals surface area contributed by atoms with Crippen LogP contribution in [-0.4, -0.2) is 32.5 Å². The number of fused-ring (bicyclic) bond motifs is 6. The number of nitrogens with zero attached hydrogens (tertiary/aromatic N) is 2. The molecule has 0 aliphatic carbocycles. The van der Waals surface area contributed by atoms with Crippen LogP contribution in [0.4, 0.5) is 18.4 Å². The number of rotatable bonds is 0. The van der Waals surface area contributed by atoms with Crippen LogP contribution >= 0.6 is 0 Å². The summed E-state index contributed by atoms with van der Waals surface area (Å²) < 4.78 is 43.0. The van der Waals surface area contributed by atoms with Crippen molar-refractivity contribution in [2.24, 2.45) is 0 Å². The lowest BCUT2D eigenvalue weighted by Crippen LogP contribution is -2.27. The Morgan fingerprint density at radius 2 is 1.03 bits per heavy atom. The number of halogens is 2. The van der Waals surface area contributed by atoms with E-state index in [1.807, 2.05) is 0 Å². The molecular formula is C29H28F2N2O4. The minimum Gasteiger partial charge on any atom is -0.443 e. The van der Waals surface area contributed by atoms with Crippen molar-refractivity contribution in [1.82, 2.24) is 9.13 Å². The van der Waals surface area contributed by atoms with Gasteiger partial charge < -0.3 is 9.47 Å². The highest BCUT2D eigenvalue weighted by Gasteiger charge is 2.28. The first-order chi connectivity index (χ1) is 17.2. The predicted octanol–water partition coefficient (Wildman–Crippen LogP) is 8.06. The van der Waals surface area contributed by atoms with E-state index in [-0.39, 0.29) is 0 Å². The maximum absolute atomic E-state index is 14.4. The van der Waals surface area contributed by atoms with Crippen LogP contribution < -0.4 is 0 Å². The van der Waals surface area contributed by atoms with Gasteiger partial charge in [-0.15, -0.1) is 0 Å². The van der Waals surface area contributed by atoms with E-state index in [0.29, 0.717) is 49.2 Å². The molecular weight excluding hydrogens is 478 g/mol. The second-order valence-corrected chi connectivity index (χ2v) is 11.2. The molecule has 3 aromatic carbocycles. The number of ether oxygens (including phenoxy) is 2. The highest BCUT2D eigenvalue weighted by Crippen LogP contribution is 2.40. The topological polar surface area (TPSA) is 62.5 Å². The minimum absolute atomic E-state index is 0.459. The number of carbonyl (C=O) groups excluding carboxylic acids is 2. The maximum Gasteiger partial charge on any atom is 0.419 e. The van der Waals surface area contributed by atoms with Crippen molar-refractivity contribution < 1.29 is 27.8 Å². The normalized spacial score (nSPS) is 12.7. The molecule has 0 radical (unpaired) electrons. The van der Waals surface area contributed by atoms with Crippen molar-refractivity contribution in [3.63, 3.8) is 0 Å². The number of aromatic nitrogens is 2. The molecule has 6 nitrogen and oxygen atoms in total. The second kappa shape index (κ2) is 8.03. The van der Waals surface area contributed by atoms with E-state index in [1.165, 1.54) is 45.5 Å². The second-order valence-electron chi connectivity index (χ2n) is 11.2. The maximum atomic E-state index is 14.4. The molecule has 0 unspecified atom stereocenters. The predicted molar refractivity (Wildman–Crippen MR) is 140 cm³/mol. The number of aryl methyl sites for hydroxylation is 1. The number of hydrogen-bond acceptors (Lipinski definition) is 4. The summed E-state index contributed by atoms with van der Waals surface area (Å²) in [6.07, 6.45) is -1.26. The van der Waals surface area contributed by atoms with E-state index in [1.54, 1.807) is 54.5 Å². The Hall–Kier alpha value is -3.94. The van der Waals surface area contributed by atoms with Crippen molar-refractivity contribution in [2.45, 2.75) is 59.7 Å². The fraction of sp³-hybridized carbons (Fsp3) is 0.310. The fourth-order valence-electron chi connectivity index (χ4n) is 4.86. The third kappa shape index (κ3) is 4.10. The van der Waals surface area contributed by atoms with Gasteiger partial charge in [0.2, 0.25) is 0 Å². The van der Waals surface area contributed by atoms with Crippen molar-refractivity contribution >= 4 is 55.8 Å². The molecule has 2 aromatic heterocycles. The van der Waals surface area contributed by atoms with Gasteiger partial charge in [-0.05, 0) is 96.5 Å². The van der Waals surface area contributed by atoms with Gasteiger partial charge in [0.15, 0.2) is 0 Å². The van der Waals surface area contributed by atoms with Crippen molar-refractivity contribution in [2.75, 3.05) is 0 Å². The quantitative estimate of drug-likeness (QED) is 0.213. The van der Waals surface area contributed by atoms with Crippen molar-refractivity contribution in [3.8, 4) is 0 Å². The summed E-state index contributed by atoms with van der Waals surface area (Å²) in [6, 6.07) is 10.1. The Balaban J connectivity index is 1.98. The first-order valence-corrected chi connectivity index (χ1v) is 12.0. The first-order valence-electron chi connectivity index (χ1n) is 12.0. The van der Waals surface area contributed by atoms with Crippen molar-refractivity contribution in [3.05, 3.63) is 59.7 Å². The summed E-state index contributed by atoms with van der Waals surface area (Å²) in [5.74, 6) is -0.925. The third-order valence-electron chi connectivity index (χ3n) is 6.09. The summed E-state index contributed by atoms with van der Waals surface area (Å²) >= 11 is 0. The summed E-state index contributed by atoms with van der Waals surface area (Å²) in [7, 11) is 0. The van der Waals surface area contributed by atoms with Gasteiger partial charge in [-0.1, -0.05) is 0 Å². The van der Waals surface area contributed by atoms with Crippen LogP contribution in [0.5, 0.6) is 0 Å². The van der Waals surface area contributed by atoms with E-state index in [4.69, 9.17) is 9.47 Å². The number of carbonyl (C=O) groups is 2. The van der Waals surface area contributed by atoms with E-state index < -0.39 is 35.0 Å². The zero-order valence-corrected chi connectivity index (χ0v) is 21.8. The van der Waals surface area contributed by atoms with Crippen LogP contribution in [0.15, 0.2) is 42.5 Å². The SMILES string of the molecule is Cc1c2c(cc3c4cc(F)ccc4n(C(=O)OC(C)(C)C)c13)c1cc(F)ccc1n2C(=O)OC(C)(C)C. The lowest BCUT2D eigenvalue weighted by Gasteiger charge is -2.21. The van der Waals surface area contributed by atoms with Crippen LogP contribution in [-0.2, 0) is 9.47 Å². The molecule has 0 spiro atoms. The van der Waals surface area contributed by atoms with Crippen molar-refractivity contribution in [1.29, 1.82) is 0 Å². The van der Waals surface area contributed by atoms with E-state index in [9.17, 15) is 18.4 Å². The zero-order valence-electron chi connectivity index (χ0n) is 21.8. The molecule has 0 N–H and O–H groups in total. The molecule has 2 heterocycles. The van der Waals surface area contributed by atoms with Gasteiger partial charge in [0.25, 0.3) is 0 Å². The lowest BCUT2D eigenvalue weighted by atomic mass is 10.0. The Kier molecular flexibility index (Phi) is 5.37. The van der Waals surface area contributed by atoms with Gasteiger partial charge in [0, 0.05) is 21.5 Å². The van der Waals surface area contributed by atoms with Crippen LogP contribution in [0.25, 0.3) is 43.6 Å². The fourth-order valence-corrected chi connectivity index (χ4v) is 4.86. The molecule has 0 saturated heterocycles. The average Bonchev–Trinajstić information content (AvgIpc) is 3.25. The largest absolute Gasteiger partial charge is 0.443 e. The van der Waals surface area contributed by atoms with Crippen LogP contribution in [0.2, 0.25) is 0 Å². The Labute approximate surface area is 212 Å². The highest BCUT2D eigenvalue weighted by molar-refractivity contribution is 6.23. The number of hydrogen-bond donors (Lipinski definition) is 0. The van der Waals surface area contributed by atoms with Gasteiger partial charge in [-0.25, -0.2) is 27.5 Å². The standard InChI is InChI=1S/C29H28F2N2O4/c1-15-24-20(18-12-16(30)8-10-22(18)32(24)26(34)36-28(2,3)4)14-21-19-13-17(31)9-11-23(19)33(25(15)21)27(35)37-29(5,6)7/h8-14H,1-7H3. The van der Waals surface area contributed by atoms with E-state index >= 15 is 0 Å². The summed E-state index contributed by atoms with van der Waals surface area (Å²) in [5.41, 5.74) is 0.867. The van der Waals surface area contributed by atoms with Gasteiger partial charge in [0.05, 0.1) is 22.1 Å². The molecule has 5 rings (SSSR count). The van der Waals surface area contributed by atoms with E-state index in [0.717, 1.165) is 0 Å². The van der Waals surface area contributed by atoms with Crippen LogP contribution in [0, 0.1) is 18.6 Å². The molecule has 0 amide bonds. The molecule has 192 valence electrons. The first kappa shape index (κ1) is 24.7. The summed E-state index contributed by atoms with van der Waals surface area (Å²) in [4.78, 5) is 26.9. The van der Waals surface area contributed by atoms with Gasteiger partial charge in [-0.2, -0.15) is 0 Å². The lowest BCUT2D eigenvalue weighted by molar-refractivity contribution is 0.0541. The number of benzene rings is 3. The van der Waals surface area contributed by atoms with Crippen LogP contribution in [0.1, 0.15) is 47.1 Å². The molecule has 0 saturated carbocycles. The summed E-state index contributed by atoms with van der Waals surface area (Å²) in [5, 5.41) is 2.16. The van der Waals surface area contributed by atoms with E-state index in [2.05, 4.69) is 0 Å². The van der Waals surface area contributed by atoms with Crippen LogP contribution in [0.3, 0.4) is 0 Å². The molecule has 0 atom stereocenters. The molecule has 37 heavy (non-hydrogen) atoms. The van der Waals surface area contributed by atoms with Gasteiger partial charge in [0.1, 0.15) is 22.8 Å². The Morgan fingerprint density at radius 1 is 0.649 bits per heavy atom. The van der Waals surface area contributed by atoms with Gasteiger partial charge >= 0.3 is 12.2 Å². The smallest absolute Gasteiger partial charge is 0.419 e.